The van der Waals surface area contributed by atoms with Crippen molar-refractivity contribution in [3.05, 3.63) is 84.2 Å². The monoisotopic (exact) mass is 352 g/mol. The van der Waals surface area contributed by atoms with Crippen LogP contribution < -0.4 is 0 Å². The number of carbonyl (C=O) groups is 2. The Morgan fingerprint density at radius 3 is 1.46 bits per heavy atom. The highest BCUT2D eigenvalue weighted by molar-refractivity contribution is 5.77. The standard InChI is InChI=1S/C20H20N2O4/c23-19(24)17-5-1-3-11-21(17)13-15-7-9-16(10-8-15)14-22-12-4-2-6-18(22)20(25)26/h1-12,17-18H,13-14H2,(H,23,24)(H,25,26). The van der Waals surface area contributed by atoms with E-state index in [4.69, 9.17) is 0 Å². The highest BCUT2D eigenvalue weighted by atomic mass is 16.4. The van der Waals surface area contributed by atoms with Gasteiger partial charge in [-0.1, -0.05) is 48.6 Å². The second-order valence-electron chi connectivity index (χ2n) is 6.18. The van der Waals surface area contributed by atoms with Gasteiger partial charge in [-0.15, -0.1) is 0 Å². The van der Waals surface area contributed by atoms with E-state index in [1.54, 1.807) is 46.5 Å². The minimum Gasteiger partial charge on any atom is -0.479 e. The molecule has 0 aromatic heterocycles. The molecule has 0 fully saturated rings. The molecule has 0 saturated heterocycles. The van der Waals surface area contributed by atoms with Crippen LogP contribution in [-0.4, -0.2) is 44.0 Å². The first-order valence-corrected chi connectivity index (χ1v) is 8.29. The van der Waals surface area contributed by atoms with E-state index < -0.39 is 24.0 Å². The second kappa shape index (κ2) is 7.74. The van der Waals surface area contributed by atoms with Crippen LogP contribution in [0.1, 0.15) is 11.1 Å². The quantitative estimate of drug-likeness (QED) is 0.818. The summed E-state index contributed by atoms with van der Waals surface area (Å²) in [5, 5.41) is 18.6. The molecule has 2 aliphatic heterocycles. The summed E-state index contributed by atoms with van der Waals surface area (Å²) >= 11 is 0. The number of benzene rings is 1. The van der Waals surface area contributed by atoms with Crippen LogP contribution in [-0.2, 0) is 22.7 Å². The number of carboxylic acid groups (broad SMARTS) is 2. The van der Waals surface area contributed by atoms with Gasteiger partial charge in [0, 0.05) is 25.5 Å². The Morgan fingerprint density at radius 2 is 1.12 bits per heavy atom. The van der Waals surface area contributed by atoms with Crippen LogP contribution in [0.4, 0.5) is 0 Å². The van der Waals surface area contributed by atoms with Crippen molar-refractivity contribution in [1.82, 2.24) is 9.80 Å². The van der Waals surface area contributed by atoms with Gasteiger partial charge in [-0.2, -0.15) is 0 Å². The lowest BCUT2D eigenvalue weighted by Crippen LogP contribution is -2.37. The fourth-order valence-electron chi connectivity index (χ4n) is 2.99. The van der Waals surface area contributed by atoms with Crippen molar-refractivity contribution in [2.24, 2.45) is 0 Å². The molecule has 134 valence electrons. The number of hydrogen-bond donors (Lipinski definition) is 2. The molecule has 0 aliphatic carbocycles. The molecule has 26 heavy (non-hydrogen) atoms. The van der Waals surface area contributed by atoms with Crippen LogP contribution in [0.2, 0.25) is 0 Å². The summed E-state index contributed by atoms with van der Waals surface area (Å²) in [7, 11) is 0. The highest BCUT2D eigenvalue weighted by Gasteiger charge is 2.23. The highest BCUT2D eigenvalue weighted by Crippen LogP contribution is 2.17. The molecule has 2 atom stereocenters. The number of hydrogen-bond acceptors (Lipinski definition) is 4. The molecule has 1 aromatic rings. The van der Waals surface area contributed by atoms with Crippen molar-refractivity contribution >= 4 is 11.9 Å². The van der Waals surface area contributed by atoms with E-state index in [0.717, 1.165) is 11.1 Å². The zero-order chi connectivity index (χ0) is 18.5. The smallest absolute Gasteiger partial charge is 0.330 e. The van der Waals surface area contributed by atoms with Crippen LogP contribution in [0.25, 0.3) is 0 Å². The number of carboxylic acids is 2. The lowest BCUT2D eigenvalue weighted by Gasteiger charge is -2.28. The predicted molar refractivity (Wildman–Crippen MR) is 96.9 cm³/mol. The number of rotatable bonds is 6. The van der Waals surface area contributed by atoms with Crippen molar-refractivity contribution < 1.29 is 19.8 Å². The van der Waals surface area contributed by atoms with Gasteiger partial charge in [0.05, 0.1) is 0 Å². The van der Waals surface area contributed by atoms with Crippen molar-refractivity contribution in [2.45, 2.75) is 25.2 Å². The summed E-state index contributed by atoms with van der Waals surface area (Å²) in [5.74, 6) is -1.77. The topological polar surface area (TPSA) is 81.1 Å². The summed E-state index contributed by atoms with van der Waals surface area (Å²) in [6.07, 6.45) is 13.9. The Kier molecular flexibility index (Phi) is 5.22. The van der Waals surface area contributed by atoms with E-state index in [2.05, 4.69) is 0 Å². The van der Waals surface area contributed by atoms with E-state index in [1.165, 1.54) is 0 Å². The molecular formula is C20H20N2O4. The average molecular weight is 352 g/mol. The van der Waals surface area contributed by atoms with E-state index in [0.29, 0.717) is 13.1 Å². The maximum atomic E-state index is 11.3. The lowest BCUT2D eigenvalue weighted by atomic mass is 10.1. The van der Waals surface area contributed by atoms with Crippen LogP contribution >= 0.6 is 0 Å². The Balaban J connectivity index is 1.65. The minimum absolute atomic E-state index is 0.488. The van der Waals surface area contributed by atoms with Gasteiger partial charge < -0.3 is 20.0 Å². The lowest BCUT2D eigenvalue weighted by molar-refractivity contribution is -0.141. The summed E-state index contributed by atoms with van der Waals surface area (Å²) in [5.41, 5.74) is 1.98. The maximum Gasteiger partial charge on any atom is 0.330 e. The van der Waals surface area contributed by atoms with E-state index in [-0.39, 0.29) is 0 Å². The molecule has 6 nitrogen and oxygen atoms in total. The fraction of sp³-hybridized carbons (Fsp3) is 0.200. The third kappa shape index (κ3) is 4.03. The zero-order valence-corrected chi connectivity index (χ0v) is 14.1. The van der Waals surface area contributed by atoms with Gasteiger partial charge in [0.15, 0.2) is 0 Å². The van der Waals surface area contributed by atoms with Gasteiger partial charge in [-0.05, 0) is 23.3 Å². The number of nitrogens with zero attached hydrogens (tertiary/aromatic N) is 2. The first kappa shape index (κ1) is 17.5. The van der Waals surface area contributed by atoms with E-state index in [1.807, 2.05) is 36.4 Å². The van der Waals surface area contributed by atoms with Gasteiger partial charge in [0.25, 0.3) is 0 Å². The molecule has 2 N–H and O–H groups in total. The van der Waals surface area contributed by atoms with Crippen molar-refractivity contribution in [2.75, 3.05) is 0 Å². The maximum absolute atomic E-state index is 11.3. The zero-order valence-electron chi connectivity index (χ0n) is 14.1. The Bertz CT molecular complexity index is 726. The van der Waals surface area contributed by atoms with Gasteiger partial charge >= 0.3 is 11.9 Å². The SMILES string of the molecule is O=C(O)C1C=CC=CN1Cc1ccc(CN2C=CC=CC2C(=O)O)cc1. The first-order chi connectivity index (χ1) is 12.5. The molecule has 1 aromatic carbocycles. The molecule has 2 heterocycles. The molecule has 0 spiro atoms. The molecule has 0 bridgehead atoms. The Labute approximate surface area is 151 Å². The number of aliphatic carboxylic acids is 2. The van der Waals surface area contributed by atoms with Gasteiger partial charge in [-0.3, -0.25) is 0 Å². The molecule has 6 heteroatoms. The second-order valence-corrected chi connectivity index (χ2v) is 6.18. The third-order valence-electron chi connectivity index (χ3n) is 4.34. The van der Waals surface area contributed by atoms with E-state index in [9.17, 15) is 19.8 Å². The van der Waals surface area contributed by atoms with Crippen molar-refractivity contribution in [3.63, 3.8) is 0 Å². The van der Waals surface area contributed by atoms with Crippen molar-refractivity contribution in [3.8, 4) is 0 Å². The first-order valence-electron chi connectivity index (χ1n) is 8.29. The molecule has 0 saturated carbocycles. The fourth-order valence-corrected chi connectivity index (χ4v) is 2.99. The molecular weight excluding hydrogens is 332 g/mol. The Hall–Kier alpha value is -3.28. The van der Waals surface area contributed by atoms with Gasteiger partial charge in [0.1, 0.15) is 12.1 Å². The minimum atomic E-state index is -0.883. The van der Waals surface area contributed by atoms with Crippen LogP contribution in [0.15, 0.2) is 73.1 Å². The van der Waals surface area contributed by atoms with Crippen molar-refractivity contribution in [1.29, 1.82) is 0 Å². The van der Waals surface area contributed by atoms with Crippen LogP contribution in [0.5, 0.6) is 0 Å². The third-order valence-corrected chi connectivity index (χ3v) is 4.34. The van der Waals surface area contributed by atoms with Gasteiger partial charge in [0.2, 0.25) is 0 Å². The summed E-state index contributed by atoms with van der Waals surface area (Å²) in [6, 6.07) is 6.45. The molecule has 3 rings (SSSR count). The van der Waals surface area contributed by atoms with Crippen LogP contribution in [0, 0.1) is 0 Å². The average Bonchev–Trinajstić information content (AvgIpc) is 2.64. The molecule has 2 aliphatic rings. The largest absolute Gasteiger partial charge is 0.479 e. The molecule has 0 amide bonds. The predicted octanol–water partition coefficient (Wildman–Crippen LogP) is 2.36. The van der Waals surface area contributed by atoms with Gasteiger partial charge in [-0.25, -0.2) is 9.59 Å². The normalized spacial score (nSPS) is 21.2. The van der Waals surface area contributed by atoms with Crippen LogP contribution in [0.3, 0.4) is 0 Å². The summed E-state index contributed by atoms with van der Waals surface area (Å²) in [6.45, 7) is 0.977. The Morgan fingerprint density at radius 1 is 0.731 bits per heavy atom. The summed E-state index contributed by atoms with van der Waals surface area (Å²) < 4.78 is 0. The summed E-state index contributed by atoms with van der Waals surface area (Å²) in [4.78, 5) is 26.2. The number of allylic oxidation sites excluding steroid dienone is 4. The molecule has 0 radical (unpaired) electrons. The van der Waals surface area contributed by atoms with E-state index >= 15 is 0 Å². The molecule has 2 unspecified atom stereocenters.